The first kappa shape index (κ1) is 26.9. The normalized spacial score (nSPS) is 15.0. The zero-order valence-electron chi connectivity index (χ0n) is 22.4. The van der Waals surface area contributed by atoms with Crippen LogP contribution >= 0.6 is 11.3 Å². The first-order valence-corrected chi connectivity index (χ1v) is 13.4. The molecule has 1 atom stereocenters. The molecule has 9 nitrogen and oxygen atoms in total. The highest BCUT2D eigenvalue weighted by molar-refractivity contribution is 7.07. The number of aromatic nitrogens is 1. The summed E-state index contributed by atoms with van der Waals surface area (Å²) in [4.78, 5) is 45.2. The molecule has 0 fully saturated rings. The molecule has 0 saturated heterocycles. The van der Waals surface area contributed by atoms with Gasteiger partial charge in [0.2, 0.25) is 0 Å². The molecule has 0 amide bonds. The lowest BCUT2D eigenvalue weighted by Gasteiger charge is -2.25. The SMILES string of the molecule is CCOC(=O)C1=C(C)N=c2s/c(=C\c3ccc(-c4cccc(C(=O)O)c4)o3)c(=O)n2[C@@H]1c1ccc(N(C)C)cc1. The molecule has 0 aliphatic carbocycles. The summed E-state index contributed by atoms with van der Waals surface area (Å²) in [7, 11) is 3.88. The molecule has 1 aliphatic rings. The van der Waals surface area contributed by atoms with Gasteiger partial charge in [-0.15, -0.1) is 0 Å². The van der Waals surface area contributed by atoms with Gasteiger partial charge in [-0.3, -0.25) is 9.36 Å². The number of hydrogen-bond acceptors (Lipinski definition) is 8. The maximum Gasteiger partial charge on any atom is 0.338 e. The number of ether oxygens (including phenoxy) is 1. The zero-order chi connectivity index (χ0) is 28.6. The molecule has 0 saturated carbocycles. The molecule has 40 heavy (non-hydrogen) atoms. The van der Waals surface area contributed by atoms with Crippen LogP contribution in [-0.2, 0) is 9.53 Å². The van der Waals surface area contributed by atoms with E-state index in [-0.39, 0.29) is 17.7 Å². The zero-order valence-corrected chi connectivity index (χ0v) is 23.2. The van der Waals surface area contributed by atoms with Gasteiger partial charge < -0.3 is 19.2 Å². The highest BCUT2D eigenvalue weighted by Crippen LogP contribution is 2.31. The van der Waals surface area contributed by atoms with Crippen LogP contribution in [0.15, 0.2) is 86.1 Å². The van der Waals surface area contributed by atoms with Crippen molar-refractivity contribution in [2.75, 3.05) is 25.6 Å². The molecule has 3 heterocycles. The van der Waals surface area contributed by atoms with Gasteiger partial charge in [0.05, 0.1) is 34.0 Å². The number of allylic oxidation sites excluding steroid dienone is 1. The molecular formula is C30H27N3O6S. The predicted molar refractivity (Wildman–Crippen MR) is 152 cm³/mol. The molecule has 2 aromatic heterocycles. The molecule has 0 bridgehead atoms. The Kier molecular flexibility index (Phi) is 7.27. The monoisotopic (exact) mass is 557 g/mol. The lowest BCUT2D eigenvalue weighted by Crippen LogP contribution is -2.39. The molecular weight excluding hydrogens is 530 g/mol. The van der Waals surface area contributed by atoms with Crippen LogP contribution in [0.25, 0.3) is 17.4 Å². The average molecular weight is 558 g/mol. The third kappa shape index (κ3) is 5.01. The van der Waals surface area contributed by atoms with Crippen LogP contribution in [-0.4, -0.2) is 42.3 Å². The quantitative estimate of drug-likeness (QED) is 0.344. The fourth-order valence-electron chi connectivity index (χ4n) is 4.58. The van der Waals surface area contributed by atoms with Gasteiger partial charge in [-0.2, -0.15) is 0 Å². The number of benzene rings is 2. The van der Waals surface area contributed by atoms with E-state index < -0.39 is 18.0 Å². The Hall–Kier alpha value is -4.70. The lowest BCUT2D eigenvalue weighted by atomic mass is 9.95. The van der Waals surface area contributed by atoms with Crippen molar-refractivity contribution >= 4 is 35.0 Å². The summed E-state index contributed by atoms with van der Waals surface area (Å²) in [6, 6.07) is 16.8. The number of hydrogen-bond donors (Lipinski definition) is 1. The van der Waals surface area contributed by atoms with E-state index in [1.54, 1.807) is 44.2 Å². The second-order valence-electron chi connectivity index (χ2n) is 9.38. The molecule has 1 N–H and O–H groups in total. The summed E-state index contributed by atoms with van der Waals surface area (Å²) in [5.41, 5.74) is 2.99. The number of nitrogens with zero attached hydrogens (tertiary/aromatic N) is 3. The summed E-state index contributed by atoms with van der Waals surface area (Å²) < 4.78 is 13.2. The number of esters is 1. The number of rotatable bonds is 7. The van der Waals surface area contributed by atoms with Crippen molar-refractivity contribution in [3.05, 3.63) is 109 Å². The van der Waals surface area contributed by atoms with Crippen LogP contribution in [0.4, 0.5) is 5.69 Å². The molecule has 10 heteroatoms. The van der Waals surface area contributed by atoms with Crippen LogP contribution < -0.4 is 19.8 Å². The number of carboxylic acids is 1. The predicted octanol–water partition coefficient (Wildman–Crippen LogP) is 3.82. The molecule has 204 valence electrons. The molecule has 4 aromatic rings. The Morgan fingerprint density at radius 3 is 2.58 bits per heavy atom. The first-order valence-electron chi connectivity index (χ1n) is 12.6. The van der Waals surface area contributed by atoms with Gasteiger partial charge in [-0.25, -0.2) is 14.6 Å². The molecule has 1 aliphatic heterocycles. The van der Waals surface area contributed by atoms with Gasteiger partial charge >= 0.3 is 11.9 Å². The smallest absolute Gasteiger partial charge is 0.338 e. The van der Waals surface area contributed by atoms with E-state index in [4.69, 9.17) is 9.15 Å². The summed E-state index contributed by atoms with van der Waals surface area (Å²) in [5.74, 6) is -0.646. The van der Waals surface area contributed by atoms with Crippen molar-refractivity contribution < 1.29 is 23.8 Å². The average Bonchev–Trinajstić information content (AvgIpc) is 3.52. The molecule has 5 rings (SSSR count). The van der Waals surface area contributed by atoms with Gasteiger partial charge in [-0.1, -0.05) is 35.6 Å². The number of carbonyl (C=O) groups excluding carboxylic acids is 1. The number of carbonyl (C=O) groups is 2. The topological polar surface area (TPSA) is 114 Å². The fourth-order valence-corrected chi connectivity index (χ4v) is 5.61. The number of thiazole rings is 1. The van der Waals surface area contributed by atoms with Crippen molar-refractivity contribution in [2.45, 2.75) is 19.9 Å². The summed E-state index contributed by atoms with van der Waals surface area (Å²) >= 11 is 1.20. The van der Waals surface area contributed by atoms with Crippen molar-refractivity contribution in [1.82, 2.24) is 4.57 Å². The Labute approximate surface area is 233 Å². The number of carboxylic acid groups (broad SMARTS) is 1. The van der Waals surface area contributed by atoms with E-state index in [0.29, 0.717) is 37.7 Å². The van der Waals surface area contributed by atoms with Crippen LogP contribution in [0.2, 0.25) is 0 Å². The third-order valence-corrected chi connectivity index (χ3v) is 7.52. The lowest BCUT2D eigenvalue weighted by molar-refractivity contribution is -0.139. The molecule has 0 unspecified atom stereocenters. The van der Waals surface area contributed by atoms with Gasteiger partial charge in [0.15, 0.2) is 4.80 Å². The minimum Gasteiger partial charge on any atom is -0.478 e. The van der Waals surface area contributed by atoms with E-state index >= 15 is 0 Å². The maximum absolute atomic E-state index is 13.8. The van der Waals surface area contributed by atoms with Crippen molar-refractivity contribution in [2.24, 2.45) is 4.99 Å². The number of fused-ring (bicyclic) bond motifs is 1. The van der Waals surface area contributed by atoms with Crippen molar-refractivity contribution in [1.29, 1.82) is 0 Å². The number of furan rings is 1. The van der Waals surface area contributed by atoms with E-state index in [0.717, 1.165) is 11.3 Å². The fraction of sp³-hybridized carbons (Fsp3) is 0.200. The van der Waals surface area contributed by atoms with Crippen LogP contribution in [0.1, 0.15) is 41.6 Å². The van der Waals surface area contributed by atoms with Crippen LogP contribution in [0.5, 0.6) is 0 Å². The standard InChI is InChI=1S/C30H27N3O6S/c1-5-38-29(37)25-17(2)31-30-33(26(25)18-9-11-21(12-10-18)32(3)4)27(34)24(40-30)16-22-13-14-23(39-22)19-7-6-8-20(15-19)28(35)36/h6-16,26H,5H2,1-4H3,(H,35,36)/b24-16-/t26-/m1/s1. The van der Waals surface area contributed by atoms with Crippen LogP contribution in [0.3, 0.4) is 0 Å². The summed E-state index contributed by atoms with van der Waals surface area (Å²) in [6.07, 6.45) is 1.63. The van der Waals surface area contributed by atoms with Gasteiger partial charge in [0, 0.05) is 31.4 Å². The number of anilines is 1. The highest BCUT2D eigenvalue weighted by atomic mass is 32.1. The molecule has 0 radical (unpaired) electrons. The van der Waals surface area contributed by atoms with Crippen molar-refractivity contribution in [3.63, 3.8) is 0 Å². The van der Waals surface area contributed by atoms with E-state index in [1.165, 1.54) is 28.0 Å². The summed E-state index contributed by atoms with van der Waals surface area (Å²) in [6.45, 7) is 3.68. The number of aromatic carboxylic acids is 1. The molecule has 0 spiro atoms. The largest absolute Gasteiger partial charge is 0.478 e. The minimum absolute atomic E-state index is 0.148. The Morgan fingerprint density at radius 2 is 1.90 bits per heavy atom. The Balaban J connectivity index is 1.61. The highest BCUT2D eigenvalue weighted by Gasteiger charge is 2.33. The maximum atomic E-state index is 13.8. The molecule has 2 aromatic carbocycles. The summed E-state index contributed by atoms with van der Waals surface area (Å²) in [5, 5.41) is 9.29. The van der Waals surface area contributed by atoms with E-state index in [1.807, 2.05) is 43.3 Å². The Bertz CT molecular complexity index is 1830. The van der Waals surface area contributed by atoms with E-state index in [2.05, 4.69) is 4.99 Å². The van der Waals surface area contributed by atoms with Gasteiger partial charge in [0.25, 0.3) is 5.56 Å². The van der Waals surface area contributed by atoms with Crippen molar-refractivity contribution in [3.8, 4) is 11.3 Å². The second kappa shape index (κ2) is 10.8. The van der Waals surface area contributed by atoms with Crippen LogP contribution in [0, 0.1) is 0 Å². The first-order chi connectivity index (χ1) is 19.2. The van der Waals surface area contributed by atoms with Gasteiger partial charge in [0.1, 0.15) is 11.5 Å². The Morgan fingerprint density at radius 1 is 1.15 bits per heavy atom. The minimum atomic E-state index is -1.03. The third-order valence-electron chi connectivity index (χ3n) is 6.54. The van der Waals surface area contributed by atoms with E-state index in [9.17, 15) is 19.5 Å². The second-order valence-corrected chi connectivity index (χ2v) is 10.4. The van der Waals surface area contributed by atoms with Gasteiger partial charge in [-0.05, 0) is 55.8 Å².